The molecule has 1 amide bonds. The van der Waals surface area contributed by atoms with Crippen molar-refractivity contribution in [2.45, 2.75) is 20.3 Å². The standard InChI is InChI=1S/C19H21N3O3S/c1-14-6-4-7-15(2)19(14)21-18(23)10-11-22(26(3,24)25)17-9-5-8-16(12-17)13-20/h4-9,12H,10-11H2,1-3H3,(H,21,23). The molecule has 2 aromatic rings. The summed E-state index contributed by atoms with van der Waals surface area (Å²) >= 11 is 0. The molecule has 0 fully saturated rings. The van der Waals surface area contributed by atoms with Crippen LogP contribution < -0.4 is 9.62 Å². The van der Waals surface area contributed by atoms with E-state index in [-0.39, 0.29) is 18.9 Å². The summed E-state index contributed by atoms with van der Waals surface area (Å²) in [4.78, 5) is 12.3. The van der Waals surface area contributed by atoms with Gasteiger partial charge in [-0.15, -0.1) is 0 Å². The van der Waals surface area contributed by atoms with E-state index in [0.717, 1.165) is 27.4 Å². The van der Waals surface area contributed by atoms with Crippen LogP contribution >= 0.6 is 0 Å². The van der Waals surface area contributed by atoms with Gasteiger partial charge in [0.05, 0.1) is 23.6 Å². The lowest BCUT2D eigenvalue weighted by atomic mass is 10.1. The first-order valence-electron chi connectivity index (χ1n) is 8.06. The lowest BCUT2D eigenvalue weighted by molar-refractivity contribution is -0.116. The number of para-hydroxylation sites is 1. The number of sulfonamides is 1. The number of rotatable bonds is 6. The zero-order valence-electron chi connectivity index (χ0n) is 15.0. The van der Waals surface area contributed by atoms with Crippen LogP contribution in [0.25, 0.3) is 0 Å². The molecule has 6 nitrogen and oxygen atoms in total. The highest BCUT2D eigenvalue weighted by Gasteiger charge is 2.19. The van der Waals surface area contributed by atoms with Crippen LogP contribution in [0.4, 0.5) is 11.4 Å². The molecule has 7 heteroatoms. The van der Waals surface area contributed by atoms with Crippen molar-refractivity contribution in [3.8, 4) is 6.07 Å². The largest absolute Gasteiger partial charge is 0.326 e. The Morgan fingerprint density at radius 1 is 1.15 bits per heavy atom. The van der Waals surface area contributed by atoms with Crippen LogP contribution in [0.15, 0.2) is 42.5 Å². The fourth-order valence-corrected chi connectivity index (χ4v) is 3.55. The fourth-order valence-electron chi connectivity index (χ4n) is 2.63. The molecule has 0 atom stereocenters. The molecule has 0 aliphatic carbocycles. The summed E-state index contributed by atoms with van der Waals surface area (Å²) in [7, 11) is -3.58. The summed E-state index contributed by atoms with van der Waals surface area (Å²) in [6.07, 6.45) is 1.08. The molecular weight excluding hydrogens is 350 g/mol. The normalized spacial score (nSPS) is 10.8. The van der Waals surface area contributed by atoms with E-state index in [1.807, 2.05) is 38.1 Å². The predicted molar refractivity (Wildman–Crippen MR) is 103 cm³/mol. The summed E-state index contributed by atoms with van der Waals surface area (Å²) < 4.78 is 25.4. The highest BCUT2D eigenvalue weighted by atomic mass is 32.2. The quantitative estimate of drug-likeness (QED) is 0.845. The molecule has 26 heavy (non-hydrogen) atoms. The molecule has 0 radical (unpaired) electrons. The Morgan fingerprint density at radius 3 is 2.35 bits per heavy atom. The lowest BCUT2D eigenvalue weighted by Gasteiger charge is -2.22. The molecular formula is C19H21N3O3S. The summed E-state index contributed by atoms with van der Waals surface area (Å²) in [6, 6.07) is 14.0. The van der Waals surface area contributed by atoms with E-state index in [2.05, 4.69) is 5.32 Å². The van der Waals surface area contributed by atoms with Crippen molar-refractivity contribution in [3.05, 3.63) is 59.2 Å². The first-order valence-corrected chi connectivity index (χ1v) is 9.91. The number of hydrogen-bond donors (Lipinski definition) is 1. The number of carbonyl (C=O) groups excluding carboxylic acids is 1. The van der Waals surface area contributed by atoms with Crippen molar-refractivity contribution in [1.29, 1.82) is 5.26 Å². The molecule has 2 rings (SSSR count). The Morgan fingerprint density at radius 2 is 1.77 bits per heavy atom. The lowest BCUT2D eigenvalue weighted by Crippen LogP contribution is -2.33. The molecule has 136 valence electrons. The second kappa shape index (κ2) is 8.02. The van der Waals surface area contributed by atoms with Gasteiger partial charge in [0.25, 0.3) is 0 Å². The average molecular weight is 371 g/mol. The zero-order chi connectivity index (χ0) is 19.3. The fraction of sp³-hybridized carbons (Fsp3) is 0.263. The van der Waals surface area contributed by atoms with E-state index < -0.39 is 10.0 Å². The van der Waals surface area contributed by atoms with Gasteiger partial charge in [0.1, 0.15) is 0 Å². The molecule has 1 N–H and O–H groups in total. The smallest absolute Gasteiger partial charge is 0.232 e. The Labute approximate surface area is 154 Å². The Balaban J connectivity index is 2.15. The first kappa shape index (κ1) is 19.5. The molecule has 0 aliphatic heterocycles. The van der Waals surface area contributed by atoms with Crippen molar-refractivity contribution < 1.29 is 13.2 Å². The van der Waals surface area contributed by atoms with Gasteiger partial charge in [0.15, 0.2) is 0 Å². The minimum absolute atomic E-state index is 0.00236. The minimum atomic E-state index is -3.58. The highest BCUT2D eigenvalue weighted by Crippen LogP contribution is 2.21. The molecule has 0 unspecified atom stereocenters. The number of hydrogen-bond acceptors (Lipinski definition) is 4. The molecule has 0 aromatic heterocycles. The number of anilines is 2. The SMILES string of the molecule is Cc1cccc(C)c1NC(=O)CCN(c1cccc(C#N)c1)S(C)(=O)=O. The predicted octanol–water partition coefficient (Wildman–Crippen LogP) is 2.97. The van der Waals surface area contributed by atoms with E-state index in [1.54, 1.807) is 18.2 Å². The zero-order valence-corrected chi connectivity index (χ0v) is 15.8. The van der Waals surface area contributed by atoms with Crippen molar-refractivity contribution in [1.82, 2.24) is 0 Å². The van der Waals surface area contributed by atoms with Crippen molar-refractivity contribution in [3.63, 3.8) is 0 Å². The van der Waals surface area contributed by atoms with E-state index in [4.69, 9.17) is 5.26 Å². The summed E-state index contributed by atoms with van der Waals surface area (Å²) in [5.74, 6) is -0.271. The van der Waals surface area contributed by atoms with Crippen LogP contribution in [0.3, 0.4) is 0 Å². The Hall–Kier alpha value is -2.85. The Bertz CT molecular complexity index is 942. The van der Waals surface area contributed by atoms with E-state index in [9.17, 15) is 13.2 Å². The topological polar surface area (TPSA) is 90.3 Å². The van der Waals surface area contributed by atoms with Gasteiger partial charge < -0.3 is 5.32 Å². The third-order valence-electron chi connectivity index (χ3n) is 3.95. The van der Waals surface area contributed by atoms with Gasteiger partial charge in [-0.1, -0.05) is 24.3 Å². The van der Waals surface area contributed by atoms with Crippen LogP contribution in [-0.4, -0.2) is 27.1 Å². The van der Waals surface area contributed by atoms with Crippen molar-refractivity contribution in [2.24, 2.45) is 0 Å². The number of benzene rings is 2. The summed E-state index contributed by atoms with van der Waals surface area (Å²) in [5.41, 5.74) is 3.36. The van der Waals surface area contributed by atoms with E-state index >= 15 is 0 Å². The second-order valence-corrected chi connectivity index (χ2v) is 7.97. The van der Waals surface area contributed by atoms with E-state index in [1.165, 1.54) is 6.07 Å². The molecule has 0 aliphatic rings. The van der Waals surface area contributed by atoms with Gasteiger partial charge in [-0.3, -0.25) is 9.10 Å². The number of aryl methyl sites for hydroxylation is 2. The molecule has 2 aromatic carbocycles. The maximum atomic E-state index is 12.3. The molecule has 0 spiro atoms. The summed E-state index contributed by atoms with van der Waals surface area (Å²) in [6.45, 7) is 3.79. The number of nitriles is 1. The monoisotopic (exact) mass is 371 g/mol. The van der Waals surface area contributed by atoms with Crippen LogP contribution in [0.5, 0.6) is 0 Å². The maximum absolute atomic E-state index is 12.3. The number of carbonyl (C=O) groups is 1. The van der Waals surface area contributed by atoms with Gasteiger partial charge in [-0.2, -0.15) is 5.26 Å². The van der Waals surface area contributed by atoms with Crippen LogP contribution in [0, 0.1) is 25.2 Å². The van der Waals surface area contributed by atoms with Gasteiger partial charge >= 0.3 is 0 Å². The minimum Gasteiger partial charge on any atom is -0.326 e. The van der Waals surface area contributed by atoms with Crippen molar-refractivity contribution >= 4 is 27.3 Å². The highest BCUT2D eigenvalue weighted by molar-refractivity contribution is 7.92. The maximum Gasteiger partial charge on any atom is 0.232 e. The number of nitrogens with one attached hydrogen (secondary N) is 1. The average Bonchev–Trinajstić information content (AvgIpc) is 2.57. The van der Waals surface area contributed by atoms with Gasteiger partial charge in [-0.25, -0.2) is 8.42 Å². The third-order valence-corrected chi connectivity index (χ3v) is 5.15. The van der Waals surface area contributed by atoms with Crippen molar-refractivity contribution in [2.75, 3.05) is 22.4 Å². The van der Waals surface area contributed by atoms with Crippen LogP contribution in [0.1, 0.15) is 23.1 Å². The Kier molecular flexibility index (Phi) is 6.01. The van der Waals surface area contributed by atoms with Gasteiger partial charge in [0, 0.05) is 18.7 Å². The molecule has 0 bridgehead atoms. The van der Waals surface area contributed by atoms with Gasteiger partial charge in [-0.05, 0) is 43.2 Å². The molecule has 0 saturated carbocycles. The van der Waals surface area contributed by atoms with E-state index in [0.29, 0.717) is 11.3 Å². The second-order valence-electron chi connectivity index (χ2n) is 6.06. The number of nitrogens with zero attached hydrogens (tertiary/aromatic N) is 2. The number of amides is 1. The van der Waals surface area contributed by atoms with Crippen LogP contribution in [-0.2, 0) is 14.8 Å². The van der Waals surface area contributed by atoms with Crippen LogP contribution in [0.2, 0.25) is 0 Å². The molecule has 0 heterocycles. The van der Waals surface area contributed by atoms with Gasteiger partial charge in [0.2, 0.25) is 15.9 Å². The third kappa shape index (κ3) is 4.83. The summed E-state index contributed by atoms with van der Waals surface area (Å²) in [5, 5.41) is 11.8. The first-order chi connectivity index (χ1) is 12.2. The molecule has 0 saturated heterocycles.